The Hall–Kier alpha value is -2.40. The SMILES string of the molecule is NCC1CCC(N(C=O)c2ccc3cc(C=NN)ccc3c2)CC1. The van der Waals surface area contributed by atoms with E-state index in [2.05, 4.69) is 11.2 Å². The molecule has 0 saturated heterocycles. The maximum Gasteiger partial charge on any atom is 0.214 e. The average molecular weight is 324 g/mol. The standard InChI is InChI=1S/C19H24N4O/c20-11-14-2-6-18(7-3-14)23(13-24)19-8-5-16-9-15(12-22-21)1-4-17(16)10-19/h1,4-5,8-10,12-14,18H,2-3,6-7,11,20-21H2. The van der Waals surface area contributed by atoms with E-state index in [4.69, 9.17) is 11.6 Å². The number of nitrogens with zero attached hydrogens (tertiary/aromatic N) is 2. The van der Waals surface area contributed by atoms with Gasteiger partial charge in [0.1, 0.15) is 0 Å². The van der Waals surface area contributed by atoms with Crippen LogP contribution in [-0.4, -0.2) is 25.2 Å². The Balaban J connectivity index is 1.84. The van der Waals surface area contributed by atoms with Crippen LogP contribution in [0.3, 0.4) is 0 Å². The molecule has 0 spiro atoms. The molecule has 3 rings (SSSR count). The van der Waals surface area contributed by atoms with Crippen molar-refractivity contribution in [1.82, 2.24) is 0 Å². The van der Waals surface area contributed by atoms with Gasteiger partial charge >= 0.3 is 0 Å². The Bertz CT molecular complexity index is 735. The summed E-state index contributed by atoms with van der Waals surface area (Å²) in [5.74, 6) is 5.81. The number of carbonyl (C=O) groups excluding carboxylic acids is 1. The van der Waals surface area contributed by atoms with Gasteiger partial charge in [-0.25, -0.2) is 0 Å². The van der Waals surface area contributed by atoms with E-state index >= 15 is 0 Å². The van der Waals surface area contributed by atoms with Gasteiger partial charge < -0.3 is 16.5 Å². The summed E-state index contributed by atoms with van der Waals surface area (Å²) in [6, 6.07) is 12.4. The van der Waals surface area contributed by atoms with Gasteiger partial charge in [-0.2, -0.15) is 5.10 Å². The van der Waals surface area contributed by atoms with Gasteiger partial charge in [0.25, 0.3) is 0 Å². The number of anilines is 1. The van der Waals surface area contributed by atoms with Crippen molar-refractivity contribution in [2.75, 3.05) is 11.4 Å². The zero-order chi connectivity index (χ0) is 16.9. The van der Waals surface area contributed by atoms with Crippen molar-refractivity contribution in [2.45, 2.75) is 31.7 Å². The Kier molecular flexibility index (Phi) is 5.11. The largest absolute Gasteiger partial charge is 0.330 e. The number of nitrogens with two attached hydrogens (primary N) is 2. The van der Waals surface area contributed by atoms with Crippen LogP contribution in [0, 0.1) is 5.92 Å². The molecule has 2 aromatic rings. The van der Waals surface area contributed by atoms with Crippen LogP contribution in [0.2, 0.25) is 0 Å². The third kappa shape index (κ3) is 3.41. The van der Waals surface area contributed by atoms with Crippen LogP contribution in [0.15, 0.2) is 41.5 Å². The molecule has 2 aromatic carbocycles. The third-order valence-electron chi connectivity index (χ3n) is 5.03. The summed E-state index contributed by atoms with van der Waals surface area (Å²) < 4.78 is 0. The number of fused-ring (bicyclic) bond motifs is 1. The summed E-state index contributed by atoms with van der Waals surface area (Å²) in [4.78, 5) is 13.6. The minimum absolute atomic E-state index is 0.270. The van der Waals surface area contributed by atoms with E-state index in [-0.39, 0.29) is 6.04 Å². The first-order chi connectivity index (χ1) is 11.7. The quantitative estimate of drug-likeness (QED) is 0.384. The molecular formula is C19H24N4O. The van der Waals surface area contributed by atoms with Crippen LogP contribution in [0.1, 0.15) is 31.2 Å². The second-order valence-electron chi connectivity index (χ2n) is 6.49. The van der Waals surface area contributed by atoms with E-state index in [0.29, 0.717) is 5.92 Å². The molecule has 0 aliphatic heterocycles. The Morgan fingerprint density at radius 2 is 1.79 bits per heavy atom. The predicted octanol–water partition coefficient (Wildman–Crippen LogP) is 2.61. The molecule has 0 radical (unpaired) electrons. The van der Waals surface area contributed by atoms with Crippen LogP contribution in [0.4, 0.5) is 5.69 Å². The fourth-order valence-electron chi connectivity index (χ4n) is 3.60. The molecule has 5 nitrogen and oxygen atoms in total. The number of benzene rings is 2. The molecule has 4 N–H and O–H groups in total. The monoisotopic (exact) mass is 324 g/mol. The molecule has 0 unspecified atom stereocenters. The first kappa shape index (κ1) is 16.5. The Labute approximate surface area is 142 Å². The highest BCUT2D eigenvalue weighted by Gasteiger charge is 2.25. The van der Waals surface area contributed by atoms with Crippen molar-refractivity contribution < 1.29 is 4.79 Å². The summed E-state index contributed by atoms with van der Waals surface area (Å²) in [6.45, 7) is 0.748. The van der Waals surface area contributed by atoms with Gasteiger partial charge in [0.15, 0.2) is 0 Å². The molecule has 126 valence electrons. The van der Waals surface area contributed by atoms with Gasteiger partial charge in [0.05, 0.1) is 6.21 Å². The Morgan fingerprint density at radius 3 is 2.46 bits per heavy atom. The van der Waals surface area contributed by atoms with E-state index in [1.165, 1.54) is 0 Å². The molecular weight excluding hydrogens is 300 g/mol. The molecule has 1 fully saturated rings. The molecule has 5 heteroatoms. The van der Waals surface area contributed by atoms with Crippen molar-refractivity contribution in [3.8, 4) is 0 Å². The first-order valence-electron chi connectivity index (χ1n) is 8.46. The molecule has 1 aliphatic carbocycles. The van der Waals surface area contributed by atoms with Crippen LogP contribution in [0.5, 0.6) is 0 Å². The molecule has 1 amide bonds. The summed E-state index contributed by atoms with van der Waals surface area (Å²) in [5, 5.41) is 5.76. The van der Waals surface area contributed by atoms with Gasteiger partial charge in [-0.15, -0.1) is 0 Å². The fraction of sp³-hybridized carbons (Fsp3) is 0.368. The van der Waals surface area contributed by atoms with E-state index in [0.717, 1.165) is 60.7 Å². The molecule has 1 aliphatic rings. The van der Waals surface area contributed by atoms with Crippen LogP contribution in [-0.2, 0) is 4.79 Å². The molecule has 1 saturated carbocycles. The van der Waals surface area contributed by atoms with Crippen LogP contribution in [0.25, 0.3) is 10.8 Å². The van der Waals surface area contributed by atoms with Crippen molar-refractivity contribution in [3.63, 3.8) is 0 Å². The van der Waals surface area contributed by atoms with Crippen molar-refractivity contribution in [3.05, 3.63) is 42.0 Å². The number of carbonyl (C=O) groups is 1. The highest BCUT2D eigenvalue weighted by molar-refractivity contribution is 5.93. The van der Waals surface area contributed by atoms with E-state index in [9.17, 15) is 4.79 Å². The summed E-state index contributed by atoms with van der Waals surface area (Å²) in [5.41, 5.74) is 7.68. The number of hydrogen-bond acceptors (Lipinski definition) is 4. The summed E-state index contributed by atoms with van der Waals surface area (Å²) in [7, 11) is 0. The normalized spacial score (nSPS) is 21.2. The Morgan fingerprint density at radius 1 is 1.08 bits per heavy atom. The molecule has 24 heavy (non-hydrogen) atoms. The third-order valence-corrected chi connectivity index (χ3v) is 5.03. The lowest BCUT2D eigenvalue weighted by molar-refractivity contribution is -0.108. The molecule has 0 aromatic heterocycles. The zero-order valence-corrected chi connectivity index (χ0v) is 13.8. The minimum Gasteiger partial charge on any atom is -0.330 e. The maximum atomic E-state index is 11.7. The number of rotatable bonds is 5. The molecule has 0 bridgehead atoms. The van der Waals surface area contributed by atoms with Crippen molar-refractivity contribution in [1.29, 1.82) is 0 Å². The van der Waals surface area contributed by atoms with Crippen LogP contribution < -0.4 is 16.5 Å². The zero-order valence-electron chi connectivity index (χ0n) is 13.8. The van der Waals surface area contributed by atoms with Gasteiger partial charge in [-0.1, -0.05) is 18.2 Å². The lowest BCUT2D eigenvalue weighted by Gasteiger charge is -2.34. The smallest absolute Gasteiger partial charge is 0.214 e. The highest BCUT2D eigenvalue weighted by Crippen LogP contribution is 2.31. The average Bonchev–Trinajstić information content (AvgIpc) is 2.63. The van der Waals surface area contributed by atoms with Crippen LogP contribution >= 0.6 is 0 Å². The van der Waals surface area contributed by atoms with E-state index < -0.39 is 0 Å². The summed E-state index contributed by atoms with van der Waals surface area (Å²) >= 11 is 0. The lowest BCUT2D eigenvalue weighted by Crippen LogP contribution is -2.38. The first-order valence-corrected chi connectivity index (χ1v) is 8.46. The van der Waals surface area contributed by atoms with E-state index in [1.54, 1.807) is 6.21 Å². The second kappa shape index (κ2) is 7.45. The van der Waals surface area contributed by atoms with Gasteiger partial charge in [-0.3, -0.25) is 4.79 Å². The lowest BCUT2D eigenvalue weighted by atomic mass is 9.85. The predicted molar refractivity (Wildman–Crippen MR) is 99.1 cm³/mol. The number of hydrazone groups is 1. The summed E-state index contributed by atoms with van der Waals surface area (Å²) in [6.07, 6.45) is 6.82. The van der Waals surface area contributed by atoms with Gasteiger partial charge in [-0.05, 0) is 72.7 Å². The topological polar surface area (TPSA) is 84.7 Å². The molecule has 0 heterocycles. The van der Waals surface area contributed by atoms with E-state index in [1.807, 2.05) is 35.2 Å². The number of amides is 1. The minimum atomic E-state index is 0.270. The highest BCUT2D eigenvalue weighted by atomic mass is 16.1. The molecule has 0 atom stereocenters. The second-order valence-corrected chi connectivity index (χ2v) is 6.49. The number of hydrogen-bond donors (Lipinski definition) is 2. The van der Waals surface area contributed by atoms with Crippen molar-refractivity contribution >= 4 is 29.1 Å². The maximum absolute atomic E-state index is 11.7. The van der Waals surface area contributed by atoms with Gasteiger partial charge in [0, 0.05) is 11.7 Å². The fourth-order valence-corrected chi connectivity index (χ4v) is 3.60. The van der Waals surface area contributed by atoms with Gasteiger partial charge in [0.2, 0.25) is 6.41 Å². The van der Waals surface area contributed by atoms with Crippen molar-refractivity contribution in [2.24, 2.45) is 22.6 Å².